The van der Waals surface area contributed by atoms with Crippen LogP contribution in [0.25, 0.3) is 0 Å². The molecule has 0 radical (unpaired) electrons. The Kier molecular flexibility index (Phi) is 7.45. The van der Waals surface area contributed by atoms with Crippen LogP contribution >= 0.6 is 7.59 Å². The topological polar surface area (TPSA) is 52.7 Å². The molecular formula is C15H23F3N3O2P. The van der Waals surface area contributed by atoms with Gasteiger partial charge in [-0.2, -0.15) is 0 Å². The molecule has 9 heteroatoms. The molecule has 0 aliphatic rings. The van der Waals surface area contributed by atoms with Crippen molar-refractivity contribution >= 4 is 13.5 Å². The fourth-order valence-corrected chi connectivity index (χ4v) is 5.01. The summed E-state index contributed by atoms with van der Waals surface area (Å²) in [6, 6.07) is 1.25. The summed E-state index contributed by atoms with van der Waals surface area (Å²) in [6.07, 6.45) is 0. The van der Waals surface area contributed by atoms with Gasteiger partial charge < -0.3 is 0 Å². The van der Waals surface area contributed by atoms with Crippen molar-refractivity contribution in [3.8, 4) is 0 Å². The summed E-state index contributed by atoms with van der Waals surface area (Å²) in [7, 11) is -3.60. The molecule has 0 spiro atoms. The highest BCUT2D eigenvalue weighted by Gasteiger charge is 2.37. The monoisotopic (exact) mass is 365 g/mol. The lowest BCUT2D eigenvalue weighted by atomic mass is 10.2. The Balaban J connectivity index is 3.32. The van der Waals surface area contributed by atoms with Crippen molar-refractivity contribution < 1.29 is 22.5 Å². The molecule has 0 saturated heterocycles. The largest absolute Gasteiger partial charge is 0.310 e. The van der Waals surface area contributed by atoms with Gasteiger partial charge in [-0.1, -0.05) is 27.7 Å². The molecule has 0 fully saturated rings. The fourth-order valence-electron chi connectivity index (χ4n) is 2.46. The first-order valence-electron chi connectivity index (χ1n) is 7.83. The quantitative estimate of drug-likeness (QED) is 0.565. The second kappa shape index (κ2) is 8.65. The van der Waals surface area contributed by atoms with Gasteiger partial charge in [-0.3, -0.25) is 14.4 Å². The average Bonchev–Trinajstić information content (AvgIpc) is 2.53. The Bertz CT molecular complexity index is 619. The minimum atomic E-state index is -3.60. The third-order valence-corrected chi connectivity index (χ3v) is 6.90. The Morgan fingerprint density at radius 2 is 1.38 bits per heavy atom. The average molecular weight is 365 g/mol. The first kappa shape index (κ1) is 20.7. The summed E-state index contributed by atoms with van der Waals surface area (Å²) < 4.78 is 57.4. The predicted molar refractivity (Wildman–Crippen MR) is 87.2 cm³/mol. The van der Waals surface area contributed by atoms with Gasteiger partial charge in [-0.15, -0.1) is 0 Å². The zero-order valence-electron chi connectivity index (χ0n) is 14.3. The lowest BCUT2D eigenvalue weighted by molar-refractivity contribution is 0.0964. The van der Waals surface area contributed by atoms with E-state index in [1.54, 1.807) is 27.7 Å². The van der Waals surface area contributed by atoms with Crippen LogP contribution in [-0.4, -0.2) is 41.4 Å². The maximum Gasteiger partial charge on any atom is 0.310 e. The number of nitrogens with zero attached hydrogens (tertiary/aromatic N) is 2. The van der Waals surface area contributed by atoms with Crippen LogP contribution in [-0.2, 0) is 4.57 Å². The van der Waals surface area contributed by atoms with Crippen LogP contribution in [0.4, 0.5) is 13.2 Å². The Morgan fingerprint density at radius 1 is 0.958 bits per heavy atom. The molecule has 24 heavy (non-hydrogen) atoms. The van der Waals surface area contributed by atoms with Crippen LogP contribution in [0.3, 0.4) is 0 Å². The maximum atomic E-state index is 13.8. The van der Waals surface area contributed by atoms with Gasteiger partial charge in [0.05, 0.1) is 0 Å². The zero-order valence-corrected chi connectivity index (χ0v) is 15.2. The van der Waals surface area contributed by atoms with Gasteiger partial charge in [0.25, 0.3) is 5.91 Å². The van der Waals surface area contributed by atoms with Crippen molar-refractivity contribution in [1.29, 1.82) is 0 Å². The zero-order chi connectivity index (χ0) is 18.5. The van der Waals surface area contributed by atoms with Crippen molar-refractivity contribution in [2.45, 2.75) is 27.7 Å². The standard InChI is InChI=1S/C15H23F3N3O2P/c1-5-20(6-2)24(23,21(7-3)8-4)19-15(22)13-11(16)9-10-12(17)14(13)18/h9-10H,5-8H2,1-4H3,(H,19,22,23). The number of halogens is 3. The van der Waals surface area contributed by atoms with Crippen LogP contribution in [0.15, 0.2) is 12.1 Å². The lowest BCUT2D eigenvalue weighted by Crippen LogP contribution is -2.41. The Labute approximate surface area is 140 Å². The Hall–Kier alpha value is -1.37. The van der Waals surface area contributed by atoms with Gasteiger partial charge in [0.1, 0.15) is 11.4 Å². The Morgan fingerprint density at radius 3 is 1.79 bits per heavy atom. The molecule has 0 saturated carbocycles. The number of amides is 1. The molecule has 0 heterocycles. The third-order valence-electron chi connectivity index (χ3n) is 3.75. The maximum absolute atomic E-state index is 13.8. The summed E-state index contributed by atoms with van der Waals surface area (Å²) in [5.41, 5.74) is -1.07. The SMILES string of the molecule is CCN(CC)P(=O)(NC(=O)c1c(F)ccc(F)c1F)N(CC)CC. The summed E-state index contributed by atoms with van der Waals surface area (Å²) in [5.74, 6) is -5.40. The van der Waals surface area contributed by atoms with Gasteiger partial charge in [-0.05, 0) is 12.1 Å². The smallest absolute Gasteiger partial charge is 0.278 e. The summed E-state index contributed by atoms with van der Waals surface area (Å²) in [6.45, 7) is 8.48. The summed E-state index contributed by atoms with van der Waals surface area (Å²) >= 11 is 0. The molecule has 1 aromatic rings. The van der Waals surface area contributed by atoms with E-state index in [1.165, 1.54) is 9.34 Å². The molecule has 1 amide bonds. The van der Waals surface area contributed by atoms with E-state index in [0.29, 0.717) is 38.3 Å². The number of hydrogen-bond acceptors (Lipinski definition) is 2. The van der Waals surface area contributed by atoms with E-state index in [0.717, 1.165) is 0 Å². The number of carbonyl (C=O) groups excluding carboxylic acids is 1. The number of rotatable bonds is 8. The first-order chi connectivity index (χ1) is 11.3. The molecule has 136 valence electrons. The summed E-state index contributed by atoms with van der Waals surface area (Å²) in [5, 5.41) is 2.24. The first-order valence-corrected chi connectivity index (χ1v) is 9.44. The molecule has 1 rings (SSSR count). The van der Waals surface area contributed by atoms with Crippen LogP contribution in [0.5, 0.6) is 0 Å². The molecule has 5 nitrogen and oxygen atoms in total. The fraction of sp³-hybridized carbons (Fsp3) is 0.533. The van der Waals surface area contributed by atoms with Crippen LogP contribution < -0.4 is 5.09 Å². The van der Waals surface area contributed by atoms with E-state index in [1.807, 2.05) is 0 Å². The van der Waals surface area contributed by atoms with Crippen molar-refractivity contribution in [3.05, 3.63) is 35.1 Å². The van der Waals surface area contributed by atoms with Gasteiger partial charge in [0, 0.05) is 26.2 Å². The highest BCUT2D eigenvalue weighted by Crippen LogP contribution is 2.49. The third kappa shape index (κ3) is 3.99. The summed E-state index contributed by atoms with van der Waals surface area (Å²) in [4.78, 5) is 12.3. The van der Waals surface area contributed by atoms with Gasteiger partial charge >= 0.3 is 7.59 Å². The van der Waals surface area contributed by atoms with Gasteiger partial charge in [0.2, 0.25) is 0 Å². The normalized spacial score (nSPS) is 12.0. The molecule has 0 bridgehead atoms. The molecule has 1 N–H and O–H groups in total. The molecule has 0 aliphatic heterocycles. The highest BCUT2D eigenvalue weighted by atomic mass is 31.2. The van der Waals surface area contributed by atoms with Crippen LogP contribution in [0.1, 0.15) is 38.1 Å². The predicted octanol–water partition coefficient (Wildman–Crippen LogP) is 3.63. The van der Waals surface area contributed by atoms with Crippen molar-refractivity contribution in [2.75, 3.05) is 26.2 Å². The molecular weight excluding hydrogens is 342 g/mol. The van der Waals surface area contributed by atoms with E-state index in [9.17, 15) is 22.5 Å². The van der Waals surface area contributed by atoms with Crippen LogP contribution in [0, 0.1) is 17.5 Å². The number of nitrogens with one attached hydrogen (secondary N) is 1. The second-order valence-electron chi connectivity index (χ2n) is 4.98. The molecule has 0 aliphatic carbocycles. The number of carbonyl (C=O) groups is 1. The highest BCUT2D eigenvalue weighted by molar-refractivity contribution is 7.57. The van der Waals surface area contributed by atoms with E-state index < -0.39 is 36.5 Å². The van der Waals surface area contributed by atoms with E-state index in [-0.39, 0.29) is 0 Å². The van der Waals surface area contributed by atoms with Gasteiger partial charge in [0.15, 0.2) is 11.6 Å². The number of hydrogen-bond donors (Lipinski definition) is 1. The minimum absolute atomic E-state index is 0.360. The molecule has 0 atom stereocenters. The second-order valence-corrected chi connectivity index (χ2v) is 7.42. The van der Waals surface area contributed by atoms with Crippen molar-refractivity contribution in [2.24, 2.45) is 0 Å². The van der Waals surface area contributed by atoms with Crippen LogP contribution in [0.2, 0.25) is 0 Å². The molecule has 0 aromatic heterocycles. The lowest BCUT2D eigenvalue weighted by Gasteiger charge is -2.37. The molecule has 1 aromatic carbocycles. The van der Waals surface area contributed by atoms with E-state index in [4.69, 9.17) is 0 Å². The van der Waals surface area contributed by atoms with Crippen molar-refractivity contribution in [1.82, 2.24) is 14.4 Å². The van der Waals surface area contributed by atoms with Gasteiger partial charge in [-0.25, -0.2) is 22.5 Å². The van der Waals surface area contributed by atoms with E-state index in [2.05, 4.69) is 5.09 Å². The number of benzene rings is 1. The molecule has 0 unspecified atom stereocenters. The minimum Gasteiger partial charge on any atom is -0.278 e. The van der Waals surface area contributed by atoms with Crippen molar-refractivity contribution in [3.63, 3.8) is 0 Å². The van der Waals surface area contributed by atoms with E-state index >= 15 is 0 Å².